The quantitative estimate of drug-likeness (QED) is 0.781. The van der Waals surface area contributed by atoms with E-state index in [2.05, 4.69) is 24.1 Å². The summed E-state index contributed by atoms with van der Waals surface area (Å²) in [5.41, 5.74) is 1.22. The molecule has 0 radical (unpaired) electrons. The summed E-state index contributed by atoms with van der Waals surface area (Å²) in [6.07, 6.45) is 2.34. The average molecular weight is 313 g/mol. The third kappa shape index (κ3) is 4.92. The van der Waals surface area contributed by atoms with Crippen LogP contribution in [0, 0.1) is 0 Å². The Morgan fingerprint density at radius 3 is 3.14 bits per heavy atom. The lowest BCUT2D eigenvalue weighted by Crippen LogP contribution is -2.29. The lowest BCUT2D eigenvalue weighted by Gasteiger charge is -2.20. The van der Waals surface area contributed by atoms with Crippen molar-refractivity contribution in [3.63, 3.8) is 0 Å². The Balaban J connectivity index is 2.01. The first-order chi connectivity index (χ1) is 10.2. The van der Waals surface area contributed by atoms with Gasteiger partial charge in [0, 0.05) is 44.8 Å². The number of rotatable bonds is 7. The zero-order valence-electron chi connectivity index (χ0n) is 13.4. The zero-order valence-corrected chi connectivity index (χ0v) is 14.2. The molecule has 1 aromatic heterocycles. The van der Waals surface area contributed by atoms with E-state index >= 15 is 0 Å². The fourth-order valence-electron chi connectivity index (χ4n) is 2.46. The number of hydrogen-bond donors (Lipinski definition) is 1. The summed E-state index contributed by atoms with van der Waals surface area (Å²) < 4.78 is 10.8. The highest BCUT2D eigenvalue weighted by Gasteiger charge is 2.19. The molecule has 0 amide bonds. The van der Waals surface area contributed by atoms with Crippen LogP contribution in [0.1, 0.15) is 30.8 Å². The number of nitrogens with one attached hydrogen (secondary N) is 1. The van der Waals surface area contributed by atoms with Crippen LogP contribution in [0.15, 0.2) is 0 Å². The zero-order chi connectivity index (χ0) is 15.1. The maximum absolute atomic E-state index is 5.72. The van der Waals surface area contributed by atoms with Crippen molar-refractivity contribution < 1.29 is 9.47 Å². The predicted octanol–water partition coefficient (Wildman–Crippen LogP) is 2.06. The Morgan fingerprint density at radius 2 is 2.38 bits per heavy atom. The van der Waals surface area contributed by atoms with Crippen molar-refractivity contribution in [2.45, 2.75) is 39.3 Å². The minimum Gasteiger partial charge on any atom is -0.383 e. The van der Waals surface area contributed by atoms with Gasteiger partial charge in [-0.2, -0.15) is 0 Å². The van der Waals surface area contributed by atoms with E-state index in [0.717, 1.165) is 57.4 Å². The third-order valence-electron chi connectivity index (χ3n) is 3.59. The summed E-state index contributed by atoms with van der Waals surface area (Å²) in [4.78, 5) is 8.57. The molecule has 0 bridgehead atoms. The molecule has 2 heterocycles. The van der Waals surface area contributed by atoms with Crippen LogP contribution in [0.4, 0.5) is 5.13 Å². The van der Waals surface area contributed by atoms with Crippen molar-refractivity contribution in [2.75, 3.05) is 44.9 Å². The minimum atomic E-state index is 0.282. The van der Waals surface area contributed by atoms with Gasteiger partial charge in [0.1, 0.15) is 0 Å². The fraction of sp³-hybridized carbons (Fsp3) is 0.800. The van der Waals surface area contributed by atoms with Crippen LogP contribution in [0.25, 0.3) is 0 Å². The first kappa shape index (κ1) is 16.7. The van der Waals surface area contributed by atoms with Crippen LogP contribution >= 0.6 is 11.3 Å². The molecule has 1 N–H and O–H groups in total. The van der Waals surface area contributed by atoms with E-state index in [0.29, 0.717) is 0 Å². The fourth-order valence-corrected chi connectivity index (χ4v) is 3.62. The van der Waals surface area contributed by atoms with Crippen molar-refractivity contribution in [3.05, 3.63) is 10.6 Å². The van der Waals surface area contributed by atoms with Gasteiger partial charge in [-0.05, 0) is 19.8 Å². The molecule has 1 saturated heterocycles. The number of ether oxygens (including phenoxy) is 2. The normalized spacial score (nSPS) is 19.8. The van der Waals surface area contributed by atoms with E-state index < -0.39 is 0 Å². The van der Waals surface area contributed by atoms with Gasteiger partial charge in [-0.25, -0.2) is 4.98 Å². The van der Waals surface area contributed by atoms with Gasteiger partial charge < -0.3 is 19.7 Å². The molecule has 0 aliphatic carbocycles. The van der Waals surface area contributed by atoms with E-state index in [1.807, 2.05) is 11.3 Å². The molecule has 0 aromatic carbocycles. The lowest BCUT2D eigenvalue weighted by molar-refractivity contribution is 0.0821. The van der Waals surface area contributed by atoms with Crippen LogP contribution in [0.3, 0.4) is 0 Å². The van der Waals surface area contributed by atoms with Crippen LogP contribution in [0.5, 0.6) is 0 Å². The Hall–Kier alpha value is -0.690. The van der Waals surface area contributed by atoms with Gasteiger partial charge in [0.05, 0.1) is 18.4 Å². The molecule has 1 aliphatic heterocycles. The third-order valence-corrected chi connectivity index (χ3v) is 4.75. The summed E-state index contributed by atoms with van der Waals surface area (Å²) in [5.74, 6) is 0. The van der Waals surface area contributed by atoms with Gasteiger partial charge in [-0.1, -0.05) is 6.92 Å². The van der Waals surface area contributed by atoms with Crippen molar-refractivity contribution in [3.8, 4) is 0 Å². The van der Waals surface area contributed by atoms with E-state index in [4.69, 9.17) is 14.5 Å². The molecule has 1 atom stereocenters. The van der Waals surface area contributed by atoms with E-state index in [1.165, 1.54) is 10.6 Å². The van der Waals surface area contributed by atoms with Gasteiger partial charge >= 0.3 is 0 Å². The molecule has 0 saturated carbocycles. The largest absolute Gasteiger partial charge is 0.383 e. The molecule has 1 aliphatic rings. The summed E-state index contributed by atoms with van der Waals surface area (Å²) in [7, 11) is 1.73. The molecular weight excluding hydrogens is 286 g/mol. The molecule has 5 nitrogen and oxygen atoms in total. The van der Waals surface area contributed by atoms with Crippen LogP contribution in [-0.4, -0.2) is 51.0 Å². The topological polar surface area (TPSA) is 46.6 Å². The molecule has 1 unspecified atom stereocenters. The van der Waals surface area contributed by atoms with Gasteiger partial charge in [-0.3, -0.25) is 0 Å². The van der Waals surface area contributed by atoms with E-state index in [1.54, 1.807) is 7.11 Å². The van der Waals surface area contributed by atoms with E-state index in [9.17, 15) is 0 Å². The summed E-state index contributed by atoms with van der Waals surface area (Å²) in [5, 5.41) is 4.56. The van der Waals surface area contributed by atoms with Crippen molar-refractivity contribution in [1.29, 1.82) is 0 Å². The number of hydrogen-bond acceptors (Lipinski definition) is 6. The highest BCUT2D eigenvalue weighted by Crippen LogP contribution is 2.28. The molecule has 21 heavy (non-hydrogen) atoms. The second-order valence-corrected chi connectivity index (χ2v) is 6.43. The summed E-state index contributed by atoms with van der Waals surface area (Å²) >= 11 is 1.82. The number of nitrogens with zero attached hydrogens (tertiary/aromatic N) is 2. The highest BCUT2D eigenvalue weighted by atomic mass is 32.1. The van der Waals surface area contributed by atoms with Gasteiger partial charge in [0.2, 0.25) is 0 Å². The standard InChI is InChI=1S/C15H27N3O2S/c1-4-13-14(10-16-6-9-19-3)21-15(17-13)18-7-5-8-20-12(2)11-18/h12,16H,4-11H2,1-3H3. The highest BCUT2D eigenvalue weighted by molar-refractivity contribution is 7.15. The Bertz CT molecular complexity index is 425. The molecule has 0 spiro atoms. The number of methoxy groups -OCH3 is 1. The Morgan fingerprint density at radius 1 is 1.52 bits per heavy atom. The first-order valence-corrected chi connectivity index (χ1v) is 8.61. The number of thiazole rings is 1. The Kier molecular flexibility index (Phi) is 6.89. The van der Waals surface area contributed by atoms with Crippen molar-refractivity contribution in [2.24, 2.45) is 0 Å². The number of aryl methyl sites for hydroxylation is 1. The lowest BCUT2D eigenvalue weighted by atomic mass is 10.3. The maximum Gasteiger partial charge on any atom is 0.185 e. The van der Waals surface area contributed by atoms with Crippen LogP contribution < -0.4 is 10.2 Å². The predicted molar refractivity (Wildman–Crippen MR) is 87.3 cm³/mol. The molecule has 1 fully saturated rings. The Labute approximate surface area is 131 Å². The van der Waals surface area contributed by atoms with Crippen molar-refractivity contribution in [1.82, 2.24) is 10.3 Å². The molecule has 1 aromatic rings. The second-order valence-electron chi connectivity index (χ2n) is 5.37. The first-order valence-electron chi connectivity index (χ1n) is 7.79. The van der Waals surface area contributed by atoms with Crippen LogP contribution in [0.2, 0.25) is 0 Å². The molecular formula is C15H27N3O2S. The molecule has 120 valence electrons. The summed E-state index contributed by atoms with van der Waals surface area (Å²) in [6, 6.07) is 0. The van der Waals surface area contributed by atoms with E-state index in [-0.39, 0.29) is 6.10 Å². The monoisotopic (exact) mass is 313 g/mol. The second kappa shape index (κ2) is 8.68. The van der Waals surface area contributed by atoms with Gasteiger partial charge in [0.15, 0.2) is 5.13 Å². The van der Waals surface area contributed by atoms with Crippen molar-refractivity contribution >= 4 is 16.5 Å². The maximum atomic E-state index is 5.72. The molecule has 6 heteroatoms. The number of aromatic nitrogens is 1. The minimum absolute atomic E-state index is 0.282. The SMILES string of the molecule is CCc1nc(N2CCCOC(C)C2)sc1CNCCOC. The smallest absolute Gasteiger partial charge is 0.185 e. The van der Waals surface area contributed by atoms with Crippen LogP contribution in [-0.2, 0) is 22.4 Å². The average Bonchev–Trinajstić information content (AvgIpc) is 2.77. The van der Waals surface area contributed by atoms with Gasteiger partial charge in [0.25, 0.3) is 0 Å². The number of anilines is 1. The summed E-state index contributed by atoms with van der Waals surface area (Å²) in [6.45, 7) is 9.64. The molecule has 2 rings (SSSR count). The van der Waals surface area contributed by atoms with Gasteiger partial charge in [-0.15, -0.1) is 11.3 Å².